The van der Waals surface area contributed by atoms with Crippen molar-refractivity contribution < 1.29 is 47.7 Å². The van der Waals surface area contributed by atoms with Crippen LogP contribution in [0.25, 0.3) is 0 Å². The second kappa shape index (κ2) is 9.94. The molecule has 2 aromatic carbocycles. The zero-order valence-corrected chi connectivity index (χ0v) is 18.1. The summed E-state index contributed by atoms with van der Waals surface area (Å²) < 4.78 is 24.2. The Hall–Kier alpha value is -4.21. The predicted molar refractivity (Wildman–Crippen MR) is 111 cm³/mol. The number of hydrogen-bond donors (Lipinski definition) is 0. The van der Waals surface area contributed by atoms with Crippen molar-refractivity contribution in [3.8, 4) is 11.5 Å². The second-order valence-corrected chi connectivity index (χ2v) is 6.84. The van der Waals surface area contributed by atoms with Gasteiger partial charge < -0.3 is 23.7 Å². The molecule has 0 amide bonds. The molecule has 3 rings (SSSR count). The van der Waals surface area contributed by atoms with Crippen LogP contribution < -0.4 is 9.47 Å². The van der Waals surface area contributed by atoms with Crippen LogP contribution in [0.3, 0.4) is 0 Å². The van der Waals surface area contributed by atoms with E-state index in [1.165, 1.54) is 24.3 Å². The van der Waals surface area contributed by atoms with Gasteiger partial charge in [0.15, 0.2) is 5.78 Å². The molecule has 0 N–H and O–H groups in total. The maximum atomic E-state index is 13.4. The molecule has 0 saturated heterocycles. The summed E-state index contributed by atoms with van der Waals surface area (Å²) >= 11 is 0. The minimum absolute atomic E-state index is 0.0607. The van der Waals surface area contributed by atoms with Gasteiger partial charge in [-0.1, -0.05) is 25.5 Å². The smallest absolute Gasteiger partial charge is 0.462 e. The van der Waals surface area contributed by atoms with Crippen molar-refractivity contribution in [1.82, 2.24) is 0 Å². The Labute approximate surface area is 188 Å². The number of carbonyl (C=O) groups is 5. The van der Waals surface area contributed by atoms with Crippen LogP contribution in [-0.2, 0) is 14.2 Å². The monoisotopic (exact) mass is 456 g/mol. The van der Waals surface area contributed by atoms with Crippen LogP contribution in [0.4, 0.5) is 9.59 Å². The average Bonchev–Trinajstić information content (AvgIpc) is 2.81. The van der Waals surface area contributed by atoms with Crippen LogP contribution in [0, 0.1) is 0 Å². The maximum Gasteiger partial charge on any atom is 0.513 e. The van der Waals surface area contributed by atoms with Crippen molar-refractivity contribution in [2.45, 2.75) is 19.8 Å². The molecule has 0 spiro atoms. The van der Waals surface area contributed by atoms with Gasteiger partial charge in [-0.3, -0.25) is 9.59 Å². The van der Waals surface area contributed by atoms with Gasteiger partial charge in [-0.05, 0) is 24.6 Å². The zero-order chi connectivity index (χ0) is 24.1. The highest BCUT2D eigenvalue weighted by Gasteiger charge is 2.37. The fourth-order valence-corrected chi connectivity index (χ4v) is 3.19. The summed E-state index contributed by atoms with van der Waals surface area (Å²) in [4.78, 5) is 62.5. The largest absolute Gasteiger partial charge is 0.513 e. The van der Waals surface area contributed by atoms with Gasteiger partial charge in [-0.2, -0.15) is 0 Å². The number of fused-ring (bicyclic) bond motifs is 2. The van der Waals surface area contributed by atoms with Crippen LogP contribution >= 0.6 is 0 Å². The Kier molecular flexibility index (Phi) is 7.07. The molecule has 0 fully saturated rings. The van der Waals surface area contributed by atoms with Crippen molar-refractivity contribution >= 4 is 29.8 Å². The van der Waals surface area contributed by atoms with Crippen LogP contribution in [0.1, 0.15) is 62.0 Å². The Balaban J connectivity index is 2.15. The summed E-state index contributed by atoms with van der Waals surface area (Å²) in [5, 5.41) is 0. The number of benzene rings is 2. The highest BCUT2D eigenvalue weighted by molar-refractivity contribution is 6.30. The van der Waals surface area contributed by atoms with E-state index >= 15 is 0 Å². The quantitative estimate of drug-likeness (QED) is 0.234. The van der Waals surface area contributed by atoms with Gasteiger partial charge in [0.1, 0.15) is 11.5 Å². The Morgan fingerprint density at radius 1 is 0.818 bits per heavy atom. The van der Waals surface area contributed by atoms with E-state index in [2.05, 4.69) is 9.47 Å². The van der Waals surface area contributed by atoms with E-state index in [0.29, 0.717) is 6.42 Å². The zero-order valence-electron chi connectivity index (χ0n) is 18.1. The van der Waals surface area contributed by atoms with Crippen LogP contribution in [-0.4, -0.2) is 50.7 Å². The van der Waals surface area contributed by atoms with Gasteiger partial charge >= 0.3 is 18.3 Å². The SMILES string of the molecule is CCCCOC(=O)c1cc(OC(=O)OC)c2c(c1)C(=O)c1cccc(OC(=O)OC)c1C2=O. The molecule has 1 aliphatic rings. The van der Waals surface area contributed by atoms with Crippen molar-refractivity contribution in [2.75, 3.05) is 20.8 Å². The van der Waals surface area contributed by atoms with Gasteiger partial charge in [0.2, 0.25) is 5.78 Å². The maximum absolute atomic E-state index is 13.4. The molecule has 0 saturated carbocycles. The predicted octanol–water partition coefficient (Wildman–Crippen LogP) is 3.71. The minimum atomic E-state index is -1.17. The van der Waals surface area contributed by atoms with Crippen molar-refractivity contribution in [3.05, 3.63) is 58.1 Å². The highest BCUT2D eigenvalue weighted by atomic mass is 16.7. The number of carbonyl (C=O) groups excluding carboxylic acids is 5. The molecule has 0 aliphatic heterocycles. The number of ketones is 2. The summed E-state index contributed by atoms with van der Waals surface area (Å²) in [5.74, 6) is -2.75. The number of methoxy groups -OCH3 is 2. The number of esters is 1. The molecule has 172 valence electrons. The van der Waals surface area contributed by atoms with Crippen molar-refractivity contribution in [3.63, 3.8) is 0 Å². The summed E-state index contributed by atoms with van der Waals surface area (Å²) in [6, 6.07) is 6.42. The van der Waals surface area contributed by atoms with Gasteiger partial charge in [0.25, 0.3) is 0 Å². The fraction of sp³-hybridized carbons (Fsp3) is 0.261. The van der Waals surface area contributed by atoms with E-state index < -0.39 is 29.8 Å². The molecule has 0 bridgehead atoms. The second-order valence-electron chi connectivity index (χ2n) is 6.84. The highest BCUT2D eigenvalue weighted by Crippen LogP contribution is 2.38. The van der Waals surface area contributed by atoms with E-state index in [-0.39, 0.29) is 45.9 Å². The lowest BCUT2D eigenvalue weighted by molar-refractivity contribution is 0.0498. The third-order valence-electron chi connectivity index (χ3n) is 4.76. The molecule has 0 radical (unpaired) electrons. The normalized spacial score (nSPS) is 11.7. The Morgan fingerprint density at radius 2 is 1.45 bits per heavy atom. The molecule has 10 nitrogen and oxygen atoms in total. The molecule has 33 heavy (non-hydrogen) atoms. The lowest BCUT2D eigenvalue weighted by Gasteiger charge is -2.22. The average molecular weight is 456 g/mol. The molecule has 1 aliphatic carbocycles. The first-order valence-electron chi connectivity index (χ1n) is 9.91. The Bertz CT molecular complexity index is 1150. The fourth-order valence-electron chi connectivity index (χ4n) is 3.19. The molecular formula is C23H20O10. The van der Waals surface area contributed by atoms with Crippen molar-refractivity contribution in [1.29, 1.82) is 0 Å². The minimum Gasteiger partial charge on any atom is -0.462 e. The lowest BCUT2D eigenvalue weighted by Crippen LogP contribution is -2.25. The standard InChI is InChI=1S/C23H20O10/c1-4-5-9-31-21(26)12-10-14-18(16(11-12)33-23(28)30-3)20(25)17-13(19(14)24)7-6-8-15(17)32-22(27)29-2/h6-8,10-11H,4-5,9H2,1-3H3. The number of ether oxygens (including phenoxy) is 5. The van der Waals surface area contributed by atoms with Gasteiger partial charge in [0.05, 0.1) is 37.5 Å². The molecule has 0 heterocycles. The summed E-state index contributed by atoms with van der Waals surface area (Å²) in [7, 11) is 2.14. The number of hydrogen-bond acceptors (Lipinski definition) is 10. The van der Waals surface area contributed by atoms with E-state index in [1.807, 2.05) is 6.92 Å². The summed E-state index contributed by atoms with van der Waals surface area (Å²) in [6.45, 7) is 2.08. The van der Waals surface area contributed by atoms with Gasteiger partial charge in [0, 0.05) is 11.1 Å². The van der Waals surface area contributed by atoms with E-state index in [9.17, 15) is 24.0 Å². The first kappa shape index (κ1) is 23.5. The molecule has 0 aromatic heterocycles. The number of rotatable bonds is 6. The van der Waals surface area contributed by atoms with Crippen LogP contribution in [0.15, 0.2) is 30.3 Å². The van der Waals surface area contributed by atoms with E-state index in [0.717, 1.165) is 26.7 Å². The van der Waals surface area contributed by atoms with E-state index in [1.54, 1.807) is 0 Å². The molecule has 0 unspecified atom stereocenters. The third kappa shape index (κ3) is 4.69. The first-order chi connectivity index (χ1) is 15.8. The Morgan fingerprint density at radius 3 is 2.09 bits per heavy atom. The third-order valence-corrected chi connectivity index (χ3v) is 4.76. The number of unbranched alkanes of at least 4 members (excludes halogenated alkanes) is 1. The van der Waals surface area contributed by atoms with Gasteiger partial charge in [-0.25, -0.2) is 14.4 Å². The molecular weight excluding hydrogens is 436 g/mol. The van der Waals surface area contributed by atoms with Crippen LogP contribution in [0.2, 0.25) is 0 Å². The molecule has 2 aromatic rings. The summed E-state index contributed by atoms with van der Waals surface area (Å²) in [5.41, 5.74) is -0.825. The topological polar surface area (TPSA) is 132 Å². The van der Waals surface area contributed by atoms with Crippen molar-refractivity contribution in [2.24, 2.45) is 0 Å². The van der Waals surface area contributed by atoms with Crippen LogP contribution in [0.5, 0.6) is 11.5 Å². The van der Waals surface area contributed by atoms with Gasteiger partial charge in [-0.15, -0.1) is 0 Å². The summed E-state index contributed by atoms with van der Waals surface area (Å²) in [6.07, 6.45) is -0.825. The van der Waals surface area contributed by atoms with E-state index in [4.69, 9.17) is 14.2 Å². The lowest BCUT2D eigenvalue weighted by atomic mass is 9.82. The molecule has 10 heteroatoms. The molecule has 0 atom stereocenters. The first-order valence-corrected chi connectivity index (χ1v) is 9.91.